The molecule has 1 aromatic carbocycles. The number of nitrogens with zero attached hydrogens (tertiary/aromatic N) is 2. The van der Waals surface area contributed by atoms with Crippen LogP contribution in [0, 0.1) is 5.82 Å². The molecule has 0 aliphatic carbocycles. The number of hydrogen-bond acceptors (Lipinski definition) is 5. The zero-order valence-electron chi connectivity index (χ0n) is 14.3. The molecule has 2 heterocycles. The van der Waals surface area contributed by atoms with Gasteiger partial charge < -0.3 is 14.1 Å². The average molecular weight is 348 g/mol. The maximum atomic E-state index is 13.3. The van der Waals surface area contributed by atoms with Crippen LogP contribution in [0.1, 0.15) is 23.9 Å². The van der Waals surface area contributed by atoms with Crippen molar-refractivity contribution in [3.63, 3.8) is 0 Å². The number of piperazine rings is 1. The first-order valence-electron chi connectivity index (χ1n) is 8.27. The van der Waals surface area contributed by atoms with Crippen molar-refractivity contribution in [3.8, 4) is 0 Å². The lowest BCUT2D eigenvalue weighted by molar-refractivity contribution is -0.141. The van der Waals surface area contributed by atoms with E-state index in [1.807, 2.05) is 6.92 Å². The Kier molecular flexibility index (Phi) is 5.03. The topological polar surface area (TPSA) is 63.0 Å². The molecule has 1 atom stereocenters. The van der Waals surface area contributed by atoms with Crippen LogP contribution < -0.4 is 0 Å². The van der Waals surface area contributed by atoms with Crippen LogP contribution in [0.2, 0.25) is 0 Å². The van der Waals surface area contributed by atoms with Crippen molar-refractivity contribution in [1.29, 1.82) is 0 Å². The second-order valence-electron chi connectivity index (χ2n) is 6.26. The highest BCUT2D eigenvalue weighted by atomic mass is 19.1. The number of benzene rings is 1. The predicted molar refractivity (Wildman–Crippen MR) is 89.7 cm³/mol. The van der Waals surface area contributed by atoms with Crippen LogP contribution in [0.15, 0.2) is 28.7 Å². The van der Waals surface area contributed by atoms with Crippen LogP contribution >= 0.6 is 0 Å². The fraction of sp³-hybridized carbons (Fsp3) is 0.444. The van der Waals surface area contributed by atoms with Crippen molar-refractivity contribution in [3.05, 3.63) is 35.8 Å². The molecule has 1 aromatic heterocycles. The summed E-state index contributed by atoms with van der Waals surface area (Å²) < 4.78 is 23.5. The summed E-state index contributed by atoms with van der Waals surface area (Å²) in [4.78, 5) is 27.8. The minimum Gasteiger partial charge on any atom is -0.469 e. The van der Waals surface area contributed by atoms with E-state index in [0.717, 1.165) is 0 Å². The Hall–Kier alpha value is -2.41. The monoisotopic (exact) mass is 348 g/mol. The third-order valence-electron chi connectivity index (χ3n) is 4.57. The second-order valence-corrected chi connectivity index (χ2v) is 6.26. The molecule has 0 spiro atoms. The van der Waals surface area contributed by atoms with E-state index in [1.54, 1.807) is 11.0 Å². The van der Waals surface area contributed by atoms with E-state index in [9.17, 15) is 14.0 Å². The smallest absolute Gasteiger partial charge is 0.306 e. The van der Waals surface area contributed by atoms with Gasteiger partial charge in [-0.2, -0.15) is 0 Å². The molecule has 0 saturated carbocycles. The van der Waals surface area contributed by atoms with Crippen LogP contribution in [-0.2, 0) is 9.53 Å². The van der Waals surface area contributed by atoms with Gasteiger partial charge >= 0.3 is 5.97 Å². The van der Waals surface area contributed by atoms with Gasteiger partial charge in [0.1, 0.15) is 11.4 Å². The molecule has 1 fully saturated rings. The SMILES string of the molecule is COC(=O)CCN1CCN(C(=O)c2cc3cc(F)ccc3o2)C[C@H]1C. The molecule has 7 heteroatoms. The van der Waals surface area contributed by atoms with Crippen LogP contribution in [0.25, 0.3) is 11.0 Å². The van der Waals surface area contributed by atoms with Gasteiger partial charge in [-0.05, 0) is 31.2 Å². The molecule has 1 amide bonds. The Morgan fingerprint density at radius 1 is 1.32 bits per heavy atom. The Morgan fingerprint density at radius 2 is 2.12 bits per heavy atom. The van der Waals surface area contributed by atoms with E-state index in [-0.39, 0.29) is 29.5 Å². The number of carbonyl (C=O) groups is 2. The largest absolute Gasteiger partial charge is 0.469 e. The number of ether oxygens (including phenoxy) is 1. The third-order valence-corrected chi connectivity index (χ3v) is 4.57. The molecule has 25 heavy (non-hydrogen) atoms. The quantitative estimate of drug-likeness (QED) is 0.793. The van der Waals surface area contributed by atoms with Gasteiger partial charge in [-0.1, -0.05) is 0 Å². The van der Waals surface area contributed by atoms with Gasteiger partial charge in [0.25, 0.3) is 5.91 Å². The lowest BCUT2D eigenvalue weighted by atomic mass is 10.1. The van der Waals surface area contributed by atoms with Gasteiger partial charge in [-0.25, -0.2) is 4.39 Å². The van der Waals surface area contributed by atoms with Crippen molar-refractivity contribution >= 4 is 22.8 Å². The summed E-state index contributed by atoms with van der Waals surface area (Å²) in [5.41, 5.74) is 0.495. The molecule has 1 aliphatic heterocycles. The molecule has 134 valence electrons. The number of amides is 1. The molecule has 0 bridgehead atoms. The standard InChI is InChI=1S/C18H21FN2O4/c1-12-11-21(8-7-20(12)6-5-17(22)24-2)18(23)16-10-13-9-14(19)3-4-15(13)25-16/h3-4,9-10,12H,5-8,11H2,1-2H3/t12-/m1/s1. The van der Waals surface area contributed by atoms with Gasteiger partial charge in [0.2, 0.25) is 0 Å². The lowest BCUT2D eigenvalue weighted by Crippen LogP contribution is -2.53. The minimum atomic E-state index is -0.361. The first kappa shape index (κ1) is 17.4. The number of hydrogen-bond donors (Lipinski definition) is 0. The summed E-state index contributed by atoms with van der Waals surface area (Å²) in [6.07, 6.45) is 0.337. The molecule has 6 nitrogen and oxygen atoms in total. The highest BCUT2D eigenvalue weighted by molar-refractivity contribution is 5.96. The number of fused-ring (bicyclic) bond motifs is 1. The van der Waals surface area contributed by atoms with E-state index >= 15 is 0 Å². The summed E-state index contributed by atoms with van der Waals surface area (Å²) in [5, 5.41) is 0.577. The van der Waals surface area contributed by atoms with Gasteiger partial charge in [0, 0.05) is 37.6 Å². The maximum Gasteiger partial charge on any atom is 0.306 e. The summed E-state index contributed by atoms with van der Waals surface area (Å²) in [7, 11) is 1.38. The summed E-state index contributed by atoms with van der Waals surface area (Å²) in [5.74, 6) is -0.577. The fourth-order valence-corrected chi connectivity index (χ4v) is 3.12. The van der Waals surface area contributed by atoms with E-state index in [4.69, 9.17) is 4.42 Å². The molecular formula is C18H21FN2O4. The van der Waals surface area contributed by atoms with E-state index in [0.29, 0.717) is 43.6 Å². The van der Waals surface area contributed by atoms with E-state index in [2.05, 4.69) is 9.64 Å². The molecule has 1 saturated heterocycles. The number of rotatable bonds is 4. The Labute approximate surface area is 145 Å². The Morgan fingerprint density at radius 3 is 2.84 bits per heavy atom. The maximum absolute atomic E-state index is 13.3. The third kappa shape index (κ3) is 3.82. The highest BCUT2D eigenvalue weighted by Gasteiger charge is 2.29. The average Bonchev–Trinajstić information content (AvgIpc) is 3.02. The molecule has 0 unspecified atom stereocenters. The molecule has 1 aliphatic rings. The first-order chi connectivity index (χ1) is 12.0. The normalized spacial score (nSPS) is 18.5. The van der Waals surface area contributed by atoms with Crippen molar-refractivity contribution in [2.45, 2.75) is 19.4 Å². The van der Waals surface area contributed by atoms with Gasteiger partial charge in [-0.15, -0.1) is 0 Å². The van der Waals surface area contributed by atoms with Crippen LogP contribution in [0.3, 0.4) is 0 Å². The number of halogens is 1. The summed E-state index contributed by atoms with van der Waals surface area (Å²) >= 11 is 0. The molecular weight excluding hydrogens is 327 g/mol. The summed E-state index contributed by atoms with van der Waals surface area (Å²) in [6.45, 7) is 4.41. The van der Waals surface area contributed by atoms with Gasteiger partial charge in [0.05, 0.1) is 13.5 Å². The molecule has 2 aromatic rings. The minimum absolute atomic E-state index is 0.129. The zero-order valence-corrected chi connectivity index (χ0v) is 14.3. The molecule has 3 rings (SSSR count). The van der Waals surface area contributed by atoms with Crippen molar-refractivity contribution in [1.82, 2.24) is 9.80 Å². The number of esters is 1. The Balaban J connectivity index is 1.64. The number of furan rings is 1. The van der Waals surface area contributed by atoms with Crippen molar-refractivity contribution in [2.24, 2.45) is 0 Å². The number of carbonyl (C=O) groups excluding carboxylic acids is 2. The second kappa shape index (κ2) is 7.23. The van der Waals surface area contributed by atoms with E-state index in [1.165, 1.54) is 25.3 Å². The van der Waals surface area contributed by atoms with Crippen LogP contribution in [0.5, 0.6) is 0 Å². The van der Waals surface area contributed by atoms with Gasteiger partial charge in [-0.3, -0.25) is 14.5 Å². The van der Waals surface area contributed by atoms with Crippen molar-refractivity contribution in [2.75, 3.05) is 33.3 Å². The Bertz CT molecular complexity index is 788. The van der Waals surface area contributed by atoms with Crippen LogP contribution in [-0.4, -0.2) is 61.0 Å². The fourth-order valence-electron chi connectivity index (χ4n) is 3.12. The lowest BCUT2D eigenvalue weighted by Gasteiger charge is -2.39. The van der Waals surface area contributed by atoms with Gasteiger partial charge in [0.15, 0.2) is 5.76 Å². The van der Waals surface area contributed by atoms with E-state index < -0.39 is 0 Å². The molecule has 0 N–H and O–H groups in total. The van der Waals surface area contributed by atoms with Crippen molar-refractivity contribution < 1.29 is 23.1 Å². The number of methoxy groups -OCH3 is 1. The zero-order chi connectivity index (χ0) is 18.0. The summed E-state index contributed by atoms with van der Waals surface area (Å²) in [6, 6.07) is 5.89. The first-order valence-corrected chi connectivity index (χ1v) is 8.27. The highest BCUT2D eigenvalue weighted by Crippen LogP contribution is 2.22. The van der Waals surface area contributed by atoms with Crippen LogP contribution in [0.4, 0.5) is 4.39 Å². The molecule has 0 radical (unpaired) electrons. The predicted octanol–water partition coefficient (Wildman–Crippen LogP) is 2.28.